The Morgan fingerprint density at radius 2 is 1.79 bits per heavy atom. The number of carbonyl (C=O) groups is 1. The minimum Gasteiger partial charge on any atom is -0.325 e. The molecule has 0 aliphatic carbocycles. The Balaban J connectivity index is 2.31. The molecule has 1 amide bonds. The van der Waals surface area contributed by atoms with E-state index in [-0.39, 0.29) is 17.1 Å². The first-order chi connectivity index (χ1) is 13.1. The van der Waals surface area contributed by atoms with Gasteiger partial charge in [0.2, 0.25) is 15.9 Å². The number of carbonyl (C=O) groups excluding carboxylic acids is 1. The van der Waals surface area contributed by atoms with Crippen LogP contribution in [0.4, 0.5) is 11.4 Å². The van der Waals surface area contributed by atoms with Gasteiger partial charge in [-0.1, -0.05) is 30.7 Å². The van der Waals surface area contributed by atoms with Crippen LogP contribution in [0.1, 0.15) is 25.0 Å². The zero-order valence-corrected chi connectivity index (χ0v) is 17.0. The number of rotatable bonds is 7. The standard InChI is InChI=1S/C19H23N3O5S/c1-5-21(15(4)19(23)20-16-9-6-13(2)7-10-16)28(26,27)17-11-8-14(3)18(12-17)22(24)25/h6-12,15H,5H2,1-4H3,(H,20,23)/t15-/m1/s1. The monoisotopic (exact) mass is 405 g/mol. The Hall–Kier alpha value is -2.78. The number of hydrogen-bond donors (Lipinski definition) is 1. The number of benzene rings is 2. The van der Waals surface area contributed by atoms with Gasteiger partial charge in [0.25, 0.3) is 5.69 Å². The Labute approximate surface area is 164 Å². The topological polar surface area (TPSA) is 110 Å². The van der Waals surface area contributed by atoms with Crippen molar-refractivity contribution < 1.29 is 18.1 Å². The number of amides is 1. The van der Waals surface area contributed by atoms with Gasteiger partial charge in [-0.3, -0.25) is 14.9 Å². The van der Waals surface area contributed by atoms with Gasteiger partial charge in [-0.15, -0.1) is 0 Å². The molecule has 0 saturated carbocycles. The molecule has 9 heteroatoms. The summed E-state index contributed by atoms with van der Waals surface area (Å²) in [5.74, 6) is -0.490. The Bertz CT molecular complexity index is 987. The molecule has 0 bridgehead atoms. The van der Waals surface area contributed by atoms with Gasteiger partial charge in [0.15, 0.2) is 0 Å². The summed E-state index contributed by atoms with van der Waals surface area (Å²) in [6, 6.07) is 9.85. The van der Waals surface area contributed by atoms with Crippen molar-refractivity contribution in [1.29, 1.82) is 0 Å². The molecule has 1 N–H and O–H groups in total. The summed E-state index contributed by atoms with van der Waals surface area (Å²) in [7, 11) is -4.10. The van der Waals surface area contributed by atoms with E-state index in [4.69, 9.17) is 0 Å². The van der Waals surface area contributed by atoms with Crippen molar-refractivity contribution in [3.63, 3.8) is 0 Å². The van der Waals surface area contributed by atoms with Gasteiger partial charge in [-0.25, -0.2) is 8.42 Å². The van der Waals surface area contributed by atoms with E-state index >= 15 is 0 Å². The summed E-state index contributed by atoms with van der Waals surface area (Å²) in [5, 5.41) is 13.8. The number of anilines is 1. The van der Waals surface area contributed by atoms with Crippen LogP contribution in [0.25, 0.3) is 0 Å². The molecule has 0 fully saturated rings. The molecule has 0 unspecified atom stereocenters. The van der Waals surface area contributed by atoms with Crippen LogP contribution < -0.4 is 5.32 Å². The molecule has 8 nitrogen and oxygen atoms in total. The largest absolute Gasteiger partial charge is 0.325 e. The summed E-state index contributed by atoms with van der Waals surface area (Å²) >= 11 is 0. The Kier molecular flexibility index (Phi) is 6.52. The lowest BCUT2D eigenvalue weighted by Gasteiger charge is -2.26. The number of sulfonamides is 1. The lowest BCUT2D eigenvalue weighted by atomic mass is 10.2. The van der Waals surface area contributed by atoms with Crippen LogP contribution in [-0.4, -0.2) is 36.1 Å². The second-order valence-electron chi connectivity index (χ2n) is 6.45. The van der Waals surface area contributed by atoms with Gasteiger partial charge in [0, 0.05) is 23.9 Å². The summed E-state index contributed by atoms with van der Waals surface area (Å²) in [6.45, 7) is 6.57. The van der Waals surface area contributed by atoms with E-state index in [1.54, 1.807) is 19.1 Å². The molecule has 28 heavy (non-hydrogen) atoms. The van der Waals surface area contributed by atoms with Gasteiger partial charge >= 0.3 is 0 Å². The SMILES string of the molecule is CCN([C@H](C)C(=O)Nc1ccc(C)cc1)S(=O)(=O)c1ccc(C)c([N+](=O)[O-])c1. The summed E-state index contributed by atoms with van der Waals surface area (Å²) < 4.78 is 27.1. The highest BCUT2D eigenvalue weighted by Crippen LogP contribution is 2.25. The summed E-state index contributed by atoms with van der Waals surface area (Å²) in [5.41, 5.74) is 1.66. The van der Waals surface area contributed by atoms with Crippen molar-refractivity contribution in [2.75, 3.05) is 11.9 Å². The zero-order chi connectivity index (χ0) is 21.1. The van der Waals surface area contributed by atoms with Crippen molar-refractivity contribution in [2.45, 2.75) is 38.6 Å². The van der Waals surface area contributed by atoms with Crippen LogP contribution in [0.5, 0.6) is 0 Å². The first-order valence-electron chi connectivity index (χ1n) is 8.72. The van der Waals surface area contributed by atoms with E-state index in [9.17, 15) is 23.3 Å². The predicted octanol–water partition coefficient (Wildman–Crippen LogP) is 3.25. The molecular formula is C19H23N3O5S. The summed E-state index contributed by atoms with van der Waals surface area (Å²) in [4.78, 5) is 22.9. The third-order valence-corrected chi connectivity index (χ3v) is 6.47. The predicted molar refractivity (Wildman–Crippen MR) is 107 cm³/mol. The Morgan fingerprint density at radius 1 is 1.18 bits per heavy atom. The van der Waals surface area contributed by atoms with Crippen LogP contribution in [-0.2, 0) is 14.8 Å². The average molecular weight is 405 g/mol. The maximum absolute atomic E-state index is 13.0. The van der Waals surface area contributed by atoms with Gasteiger partial charge in [-0.05, 0) is 39.0 Å². The molecule has 2 rings (SSSR count). The normalized spacial score (nSPS) is 12.6. The zero-order valence-electron chi connectivity index (χ0n) is 16.2. The first kappa shape index (κ1) is 21.5. The highest BCUT2D eigenvalue weighted by molar-refractivity contribution is 7.89. The van der Waals surface area contributed by atoms with E-state index in [2.05, 4.69) is 5.32 Å². The number of nitro benzene ring substituents is 1. The molecule has 0 aliphatic heterocycles. The molecule has 0 aliphatic rings. The fourth-order valence-corrected chi connectivity index (χ4v) is 4.37. The number of hydrogen-bond acceptors (Lipinski definition) is 5. The molecule has 1 atom stereocenters. The molecule has 0 saturated heterocycles. The fourth-order valence-electron chi connectivity index (χ4n) is 2.75. The molecule has 150 valence electrons. The average Bonchev–Trinajstić information content (AvgIpc) is 2.63. The maximum Gasteiger partial charge on any atom is 0.273 e. The second kappa shape index (κ2) is 8.49. The molecular weight excluding hydrogens is 382 g/mol. The maximum atomic E-state index is 13.0. The minimum absolute atomic E-state index is 0.0342. The van der Waals surface area contributed by atoms with Crippen LogP contribution in [0.2, 0.25) is 0 Å². The minimum atomic E-state index is -4.10. The van der Waals surface area contributed by atoms with Crippen LogP contribution in [0, 0.1) is 24.0 Å². The van der Waals surface area contributed by atoms with Gasteiger partial charge in [-0.2, -0.15) is 4.31 Å². The molecule has 2 aromatic rings. The Morgan fingerprint density at radius 3 is 2.32 bits per heavy atom. The van der Waals surface area contributed by atoms with Crippen LogP contribution in [0.3, 0.4) is 0 Å². The number of likely N-dealkylation sites (N-methyl/N-ethyl adjacent to an activating group) is 1. The van der Waals surface area contributed by atoms with Crippen LogP contribution >= 0.6 is 0 Å². The van der Waals surface area contributed by atoms with Crippen molar-refractivity contribution in [1.82, 2.24) is 4.31 Å². The highest BCUT2D eigenvalue weighted by atomic mass is 32.2. The van der Waals surface area contributed by atoms with Crippen molar-refractivity contribution in [3.05, 3.63) is 63.7 Å². The molecule has 0 spiro atoms. The smallest absolute Gasteiger partial charge is 0.273 e. The second-order valence-corrected chi connectivity index (χ2v) is 8.34. The van der Waals surface area contributed by atoms with Crippen molar-refractivity contribution in [3.8, 4) is 0 Å². The lowest BCUT2D eigenvalue weighted by Crippen LogP contribution is -2.45. The van der Waals surface area contributed by atoms with Gasteiger partial charge in [0.05, 0.1) is 9.82 Å². The highest BCUT2D eigenvalue weighted by Gasteiger charge is 2.33. The van der Waals surface area contributed by atoms with Gasteiger partial charge in [0.1, 0.15) is 6.04 Å². The quantitative estimate of drug-likeness (QED) is 0.562. The number of nitrogens with one attached hydrogen (secondary N) is 1. The van der Waals surface area contributed by atoms with Crippen LogP contribution in [0.15, 0.2) is 47.4 Å². The lowest BCUT2D eigenvalue weighted by molar-refractivity contribution is -0.385. The van der Waals surface area contributed by atoms with Crippen molar-refractivity contribution >= 4 is 27.3 Å². The number of nitrogens with zero attached hydrogens (tertiary/aromatic N) is 2. The van der Waals surface area contributed by atoms with E-state index in [1.165, 1.54) is 26.0 Å². The number of nitro groups is 1. The van der Waals surface area contributed by atoms with Gasteiger partial charge < -0.3 is 5.32 Å². The molecule has 0 aromatic heterocycles. The third-order valence-electron chi connectivity index (χ3n) is 4.43. The van der Waals surface area contributed by atoms with E-state index < -0.39 is 26.9 Å². The molecule has 0 heterocycles. The fraction of sp³-hybridized carbons (Fsp3) is 0.316. The van der Waals surface area contributed by atoms with E-state index in [0.29, 0.717) is 11.3 Å². The first-order valence-corrected chi connectivity index (χ1v) is 10.2. The molecule has 0 radical (unpaired) electrons. The van der Waals surface area contributed by atoms with E-state index in [0.717, 1.165) is 15.9 Å². The third kappa shape index (κ3) is 4.55. The molecule has 2 aromatic carbocycles. The summed E-state index contributed by atoms with van der Waals surface area (Å²) in [6.07, 6.45) is 0. The van der Waals surface area contributed by atoms with E-state index in [1.807, 2.05) is 19.1 Å². The number of aryl methyl sites for hydroxylation is 2. The van der Waals surface area contributed by atoms with Crippen molar-refractivity contribution in [2.24, 2.45) is 0 Å².